The van der Waals surface area contributed by atoms with Crippen LogP contribution in [0.2, 0.25) is 0 Å². The van der Waals surface area contributed by atoms with Crippen molar-refractivity contribution in [2.75, 3.05) is 7.11 Å². The van der Waals surface area contributed by atoms with Crippen molar-refractivity contribution in [3.63, 3.8) is 0 Å². The van der Waals surface area contributed by atoms with E-state index in [9.17, 15) is 9.36 Å². The summed E-state index contributed by atoms with van der Waals surface area (Å²) in [5, 5.41) is 8.68. The van der Waals surface area contributed by atoms with Gasteiger partial charge in [-0.1, -0.05) is 0 Å². The standard InChI is InChI=1S/C8H9O7P/c1-14-7-4-5(8(9)10)2-3-6(7)15-16(11,12)13/h2-4H,1H3,(H,9,10)(H2,11,12,13). The summed E-state index contributed by atoms with van der Waals surface area (Å²) in [6.45, 7) is 0. The molecular formula is C8H9O7P. The summed E-state index contributed by atoms with van der Waals surface area (Å²) in [5.74, 6) is -1.47. The Morgan fingerprint density at radius 3 is 2.38 bits per heavy atom. The molecule has 0 atom stereocenters. The van der Waals surface area contributed by atoms with Crippen molar-refractivity contribution < 1.29 is 33.5 Å². The molecule has 7 nitrogen and oxygen atoms in total. The molecule has 16 heavy (non-hydrogen) atoms. The number of benzene rings is 1. The maximum absolute atomic E-state index is 10.6. The molecule has 0 radical (unpaired) electrons. The van der Waals surface area contributed by atoms with Crippen LogP contribution in [0.25, 0.3) is 0 Å². The minimum Gasteiger partial charge on any atom is -0.493 e. The zero-order valence-corrected chi connectivity index (χ0v) is 9.05. The van der Waals surface area contributed by atoms with Crippen LogP contribution in [0.3, 0.4) is 0 Å². The lowest BCUT2D eigenvalue weighted by Crippen LogP contribution is -1.99. The molecule has 0 spiro atoms. The predicted molar refractivity (Wildman–Crippen MR) is 52.6 cm³/mol. The van der Waals surface area contributed by atoms with Crippen LogP contribution in [-0.4, -0.2) is 28.0 Å². The number of ether oxygens (including phenoxy) is 1. The van der Waals surface area contributed by atoms with Crippen molar-refractivity contribution in [3.8, 4) is 11.5 Å². The number of hydrogen-bond donors (Lipinski definition) is 3. The number of phosphoric ester groups is 1. The van der Waals surface area contributed by atoms with Crippen molar-refractivity contribution in [3.05, 3.63) is 23.8 Å². The summed E-state index contributed by atoms with van der Waals surface area (Å²) in [6.07, 6.45) is 0. The topological polar surface area (TPSA) is 113 Å². The summed E-state index contributed by atoms with van der Waals surface area (Å²) >= 11 is 0. The van der Waals surface area contributed by atoms with Gasteiger partial charge in [-0.3, -0.25) is 9.79 Å². The number of methoxy groups -OCH3 is 1. The molecule has 0 heterocycles. The van der Waals surface area contributed by atoms with E-state index in [0.717, 1.165) is 18.2 Å². The molecule has 88 valence electrons. The number of carbonyl (C=O) groups is 1. The van der Waals surface area contributed by atoms with Gasteiger partial charge in [-0.25, -0.2) is 9.36 Å². The molecule has 0 fully saturated rings. The van der Waals surface area contributed by atoms with E-state index in [2.05, 4.69) is 4.52 Å². The fourth-order valence-electron chi connectivity index (χ4n) is 1.00. The minimum atomic E-state index is -4.69. The highest BCUT2D eigenvalue weighted by molar-refractivity contribution is 7.46. The Morgan fingerprint density at radius 1 is 1.31 bits per heavy atom. The zero-order valence-electron chi connectivity index (χ0n) is 8.15. The van der Waals surface area contributed by atoms with Gasteiger partial charge in [0.2, 0.25) is 0 Å². The Bertz CT molecular complexity index is 450. The number of phosphoric acid groups is 1. The lowest BCUT2D eigenvalue weighted by Gasteiger charge is -2.11. The lowest BCUT2D eigenvalue weighted by atomic mass is 10.2. The largest absolute Gasteiger partial charge is 0.524 e. The van der Waals surface area contributed by atoms with Crippen molar-refractivity contribution in [2.24, 2.45) is 0 Å². The second-order valence-corrected chi connectivity index (χ2v) is 3.92. The second-order valence-electron chi connectivity index (χ2n) is 2.75. The van der Waals surface area contributed by atoms with E-state index in [0.29, 0.717) is 0 Å². The Morgan fingerprint density at radius 2 is 1.94 bits per heavy atom. The van der Waals surface area contributed by atoms with Crippen LogP contribution in [0.1, 0.15) is 10.4 Å². The molecule has 0 aliphatic carbocycles. The van der Waals surface area contributed by atoms with Gasteiger partial charge in [0.1, 0.15) is 0 Å². The summed E-state index contributed by atoms with van der Waals surface area (Å²) in [6, 6.07) is 3.37. The lowest BCUT2D eigenvalue weighted by molar-refractivity contribution is 0.0696. The van der Waals surface area contributed by atoms with Crippen LogP contribution in [0, 0.1) is 0 Å². The maximum atomic E-state index is 10.6. The van der Waals surface area contributed by atoms with Crippen molar-refractivity contribution in [2.45, 2.75) is 0 Å². The highest BCUT2D eigenvalue weighted by atomic mass is 31.2. The monoisotopic (exact) mass is 248 g/mol. The highest BCUT2D eigenvalue weighted by Gasteiger charge is 2.19. The Kier molecular flexibility index (Phi) is 3.54. The number of aromatic carboxylic acids is 1. The second kappa shape index (κ2) is 4.52. The SMILES string of the molecule is COc1cc(C(=O)O)ccc1OP(=O)(O)O. The van der Waals surface area contributed by atoms with Gasteiger partial charge in [0.15, 0.2) is 11.5 Å². The minimum absolute atomic E-state index is 0.0665. The van der Waals surface area contributed by atoms with Gasteiger partial charge in [0, 0.05) is 0 Å². The zero-order chi connectivity index (χ0) is 12.3. The van der Waals surface area contributed by atoms with Gasteiger partial charge in [0.05, 0.1) is 12.7 Å². The van der Waals surface area contributed by atoms with Gasteiger partial charge in [-0.15, -0.1) is 0 Å². The third-order valence-corrected chi connectivity index (χ3v) is 2.06. The van der Waals surface area contributed by atoms with E-state index in [1.54, 1.807) is 0 Å². The first-order valence-corrected chi connectivity index (χ1v) is 5.53. The van der Waals surface area contributed by atoms with Gasteiger partial charge in [0.25, 0.3) is 0 Å². The van der Waals surface area contributed by atoms with E-state index in [4.69, 9.17) is 19.6 Å². The van der Waals surface area contributed by atoms with Crippen LogP contribution < -0.4 is 9.26 Å². The average Bonchev–Trinajstić information content (AvgIpc) is 2.15. The van der Waals surface area contributed by atoms with Gasteiger partial charge >= 0.3 is 13.8 Å². The third kappa shape index (κ3) is 3.23. The number of carboxylic acids is 1. The van der Waals surface area contributed by atoms with Crippen LogP contribution >= 0.6 is 7.82 Å². The summed E-state index contributed by atoms with van der Waals surface area (Å²) in [7, 11) is -3.46. The molecule has 0 saturated carbocycles. The number of rotatable bonds is 4. The number of hydrogen-bond acceptors (Lipinski definition) is 4. The maximum Gasteiger partial charge on any atom is 0.524 e. The summed E-state index contributed by atoms with van der Waals surface area (Å²) < 4.78 is 19.6. The molecule has 0 unspecified atom stereocenters. The first kappa shape index (κ1) is 12.5. The molecule has 0 saturated heterocycles. The van der Waals surface area contributed by atoms with Crippen LogP contribution in [0.15, 0.2) is 18.2 Å². The molecular weight excluding hydrogens is 239 g/mol. The van der Waals surface area contributed by atoms with Crippen molar-refractivity contribution in [1.29, 1.82) is 0 Å². The Hall–Kier alpha value is -1.56. The summed E-state index contributed by atoms with van der Waals surface area (Å²) in [5.41, 5.74) is -0.0742. The van der Waals surface area contributed by atoms with E-state index >= 15 is 0 Å². The molecule has 8 heteroatoms. The first-order valence-electron chi connectivity index (χ1n) is 4.00. The van der Waals surface area contributed by atoms with Gasteiger partial charge < -0.3 is 14.4 Å². The van der Waals surface area contributed by atoms with Crippen molar-refractivity contribution in [1.82, 2.24) is 0 Å². The quantitative estimate of drug-likeness (QED) is 0.677. The van der Waals surface area contributed by atoms with E-state index in [-0.39, 0.29) is 17.1 Å². The van der Waals surface area contributed by atoms with E-state index in [1.807, 2.05) is 0 Å². The molecule has 1 aromatic carbocycles. The van der Waals surface area contributed by atoms with Crippen LogP contribution in [0.5, 0.6) is 11.5 Å². The van der Waals surface area contributed by atoms with Crippen LogP contribution in [0.4, 0.5) is 0 Å². The molecule has 1 aromatic rings. The Labute approximate surface area is 90.5 Å². The molecule has 1 rings (SSSR count). The van der Waals surface area contributed by atoms with E-state index < -0.39 is 13.8 Å². The molecule has 0 aliphatic heterocycles. The van der Waals surface area contributed by atoms with Crippen molar-refractivity contribution >= 4 is 13.8 Å². The van der Waals surface area contributed by atoms with Crippen LogP contribution in [-0.2, 0) is 4.57 Å². The molecule has 0 bridgehead atoms. The third-order valence-electron chi connectivity index (χ3n) is 1.63. The average molecular weight is 248 g/mol. The molecule has 3 N–H and O–H groups in total. The normalized spacial score (nSPS) is 10.9. The van der Waals surface area contributed by atoms with E-state index in [1.165, 1.54) is 7.11 Å². The summed E-state index contributed by atoms with van der Waals surface area (Å²) in [4.78, 5) is 27.8. The van der Waals surface area contributed by atoms with Gasteiger partial charge in [-0.05, 0) is 18.2 Å². The van der Waals surface area contributed by atoms with Gasteiger partial charge in [-0.2, -0.15) is 0 Å². The highest BCUT2D eigenvalue weighted by Crippen LogP contribution is 2.42. The molecule has 0 amide bonds. The predicted octanol–water partition coefficient (Wildman–Crippen LogP) is 0.865. The molecule has 0 aliphatic rings. The fourth-order valence-corrected chi connectivity index (χ4v) is 1.41. The Balaban J connectivity index is 3.12. The smallest absolute Gasteiger partial charge is 0.493 e. The fraction of sp³-hybridized carbons (Fsp3) is 0.125. The number of carboxylic acid groups (broad SMARTS) is 1. The first-order chi connectivity index (χ1) is 7.33. The molecule has 0 aromatic heterocycles.